The molecule has 0 unspecified atom stereocenters. The maximum Gasteiger partial charge on any atom is 0.253 e. The minimum Gasteiger partial charge on any atom is -0.339 e. The summed E-state index contributed by atoms with van der Waals surface area (Å²) < 4.78 is 0. The molecule has 0 fully saturated rings. The van der Waals surface area contributed by atoms with E-state index in [4.69, 9.17) is 11.6 Å². The highest BCUT2D eigenvalue weighted by Crippen LogP contribution is 2.23. The Morgan fingerprint density at radius 2 is 1.44 bits per heavy atom. The third-order valence-corrected chi connectivity index (χ3v) is 5.52. The van der Waals surface area contributed by atoms with Crippen LogP contribution in [0.5, 0.6) is 0 Å². The summed E-state index contributed by atoms with van der Waals surface area (Å²) in [6.45, 7) is 5.36. The first kappa shape index (κ1) is 23.5. The van der Waals surface area contributed by atoms with Gasteiger partial charge in [0.25, 0.3) is 5.91 Å². The normalized spacial score (nSPS) is 11.6. The standard InChI is InChI=1S/C26H28ClN3O2/c1-3-30(4-2)26(32)21-12-16-23(17-13-21)29-24(31)18-28-25(19-8-6-5-7-9-19)20-10-14-22(27)15-11-20/h5-17,25,28H,3-4,18H2,1-2H3,(H,29,31)/t25-/m0/s1. The average Bonchev–Trinajstić information content (AvgIpc) is 2.82. The van der Waals surface area contributed by atoms with Gasteiger partial charge in [0, 0.05) is 29.4 Å². The molecule has 2 N–H and O–H groups in total. The zero-order valence-electron chi connectivity index (χ0n) is 18.3. The molecule has 0 saturated heterocycles. The molecular formula is C26H28ClN3O2. The predicted octanol–water partition coefficient (Wildman–Crippen LogP) is 5.14. The number of anilines is 1. The second-order valence-corrected chi connectivity index (χ2v) is 7.82. The van der Waals surface area contributed by atoms with Crippen LogP contribution in [0.4, 0.5) is 5.69 Å². The lowest BCUT2D eigenvalue weighted by molar-refractivity contribution is -0.115. The fourth-order valence-electron chi connectivity index (χ4n) is 3.52. The zero-order valence-corrected chi connectivity index (χ0v) is 19.1. The van der Waals surface area contributed by atoms with Crippen LogP contribution in [0.3, 0.4) is 0 Å². The summed E-state index contributed by atoms with van der Waals surface area (Å²) in [5.41, 5.74) is 3.34. The number of nitrogens with one attached hydrogen (secondary N) is 2. The summed E-state index contributed by atoms with van der Waals surface area (Å²) >= 11 is 6.04. The first-order valence-electron chi connectivity index (χ1n) is 10.7. The van der Waals surface area contributed by atoms with Gasteiger partial charge in [-0.2, -0.15) is 0 Å². The molecule has 0 aromatic heterocycles. The Labute approximate surface area is 194 Å². The van der Waals surface area contributed by atoms with Crippen LogP contribution >= 0.6 is 11.6 Å². The summed E-state index contributed by atoms with van der Waals surface area (Å²) in [5.74, 6) is -0.175. The third kappa shape index (κ3) is 6.19. The third-order valence-electron chi connectivity index (χ3n) is 5.27. The molecule has 0 spiro atoms. The van der Waals surface area contributed by atoms with Crippen LogP contribution in [-0.2, 0) is 4.79 Å². The molecule has 3 rings (SSSR count). The SMILES string of the molecule is CCN(CC)C(=O)c1ccc(NC(=O)CN[C@@H](c2ccccc2)c2ccc(Cl)cc2)cc1. The number of hydrogen-bond donors (Lipinski definition) is 2. The zero-order chi connectivity index (χ0) is 22.9. The van der Waals surface area contributed by atoms with Crippen LogP contribution in [0.2, 0.25) is 5.02 Å². The monoisotopic (exact) mass is 449 g/mol. The number of rotatable bonds is 9. The predicted molar refractivity (Wildman–Crippen MR) is 130 cm³/mol. The van der Waals surface area contributed by atoms with Gasteiger partial charge in [0.15, 0.2) is 0 Å². The van der Waals surface area contributed by atoms with Gasteiger partial charge < -0.3 is 10.2 Å². The molecule has 3 aromatic rings. The van der Waals surface area contributed by atoms with E-state index in [-0.39, 0.29) is 24.4 Å². The number of amides is 2. The molecule has 0 saturated carbocycles. The number of hydrogen-bond acceptors (Lipinski definition) is 3. The Morgan fingerprint density at radius 3 is 2.03 bits per heavy atom. The number of benzene rings is 3. The van der Waals surface area contributed by atoms with Gasteiger partial charge in [-0.15, -0.1) is 0 Å². The molecule has 6 heteroatoms. The summed E-state index contributed by atoms with van der Waals surface area (Å²) in [6, 6.07) is 24.4. The van der Waals surface area contributed by atoms with Gasteiger partial charge in [0.05, 0.1) is 12.6 Å². The van der Waals surface area contributed by atoms with Gasteiger partial charge in [0.1, 0.15) is 0 Å². The number of carbonyl (C=O) groups excluding carboxylic acids is 2. The lowest BCUT2D eigenvalue weighted by atomic mass is 9.99. The van der Waals surface area contributed by atoms with Crippen molar-refractivity contribution < 1.29 is 9.59 Å². The van der Waals surface area contributed by atoms with Crippen LogP contribution in [0.15, 0.2) is 78.9 Å². The van der Waals surface area contributed by atoms with Gasteiger partial charge in [-0.1, -0.05) is 54.1 Å². The van der Waals surface area contributed by atoms with Gasteiger partial charge >= 0.3 is 0 Å². The first-order chi connectivity index (χ1) is 15.5. The van der Waals surface area contributed by atoms with Crippen LogP contribution < -0.4 is 10.6 Å². The fourth-order valence-corrected chi connectivity index (χ4v) is 3.64. The van der Waals surface area contributed by atoms with Gasteiger partial charge in [-0.25, -0.2) is 0 Å². The molecule has 0 aliphatic carbocycles. The highest BCUT2D eigenvalue weighted by Gasteiger charge is 2.16. The summed E-state index contributed by atoms with van der Waals surface area (Å²) in [6.07, 6.45) is 0. The fraction of sp³-hybridized carbons (Fsp3) is 0.231. The van der Waals surface area contributed by atoms with E-state index in [1.807, 2.05) is 68.4 Å². The number of carbonyl (C=O) groups is 2. The molecule has 0 bridgehead atoms. The number of halogens is 1. The van der Waals surface area contributed by atoms with Crippen molar-refractivity contribution in [3.8, 4) is 0 Å². The lowest BCUT2D eigenvalue weighted by Gasteiger charge is -2.20. The van der Waals surface area contributed by atoms with E-state index >= 15 is 0 Å². The maximum absolute atomic E-state index is 12.6. The minimum atomic E-state index is -0.164. The van der Waals surface area contributed by atoms with Crippen molar-refractivity contribution in [3.05, 3.63) is 101 Å². The van der Waals surface area contributed by atoms with Gasteiger partial charge in [-0.3, -0.25) is 14.9 Å². The first-order valence-corrected chi connectivity index (χ1v) is 11.1. The molecule has 1 atom stereocenters. The minimum absolute atomic E-state index is 0.0109. The Bertz CT molecular complexity index is 1020. The highest BCUT2D eigenvalue weighted by atomic mass is 35.5. The van der Waals surface area contributed by atoms with Gasteiger partial charge in [0.2, 0.25) is 5.91 Å². The van der Waals surface area contributed by atoms with Crippen molar-refractivity contribution in [2.75, 3.05) is 25.0 Å². The van der Waals surface area contributed by atoms with Crippen molar-refractivity contribution >= 4 is 29.1 Å². The number of nitrogens with zero attached hydrogens (tertiary/aromatic N) is 1. The van der Waals surface area contributed by atoms with Crippen molar-refractivity contribution in [1.29, 1.82) is 0 Å². The van der Waals surface area contributed by atoms with Crippen LogP contribution in [0, 0.1) is 0 Å². The Balaban J connectivity index is 1.64. The molecule has 0 radical (unpaired) electrons. The van der Waals surface area contributed by atoms with Crippen LogP contribution in [0.1, 0.15) is 41.4 Å². The van der Waals surface area contributed by atoms with E-state index in [0.29, 0.717) is 29.4 Å². The van der Waals surface area contributed by atoms with E-state index in [1.165, 1.54) is 0 Å². The molecule has 0 aliphatic rings. The Hall–Kier alpha value is -3.15. The quantitative estimate of drug-likeness (QED) is 0.475. The molecule has 0 heterocycles. The van der Waals surface area contributed by atoms with E-state index in [0.717, 1.165) is 11.1 Å². The smallest absolute Gasteiger partial charge is 0.253 e. The summed E-state index contributed by atoms with van der Waals surface area (Å²) in [7, 11) is 0. The average molecular weight is 450 g/mol. The second-order valence-electron chi connectivity index (χ2n) is 7.38. The largest absolute Gasteiger partial charge is 0.339 e. The van der Waals surface area contributed by atoms with E-state index in [2.05, 4.69) is 10.6 Å². The Morgan fingerprint density at radius 1 is 0.844 bits per heavy atom. The van der Waals surface area contributed by atoms with E-state index in [9.17, 15) is 9.59 Å². The topological polar surface area (TPSA) is 61.4 Å². The second kappa shape index (κ2) is 11.5. The molecule has 166 valence electrons. The summed E-state index contributed by atoms with van der Waals surface area (Å²) in [5, 5.41) is 6.89. The lowest BCUT2D eigenvalue weighted by Crippen LogP contribution is -2.32. The van der Waals surface area contributed by atoms with Crippen molar-refractivity contribution in [1.82, 2.24) is 10.2 Å². The Kier molecular flexibility index (Phi) is 8.42. The van der Waals surface area contributed by atoms with Crippen LogP contribution in [0.25, 0.3) is 0 Å². The van der Waals surface area contributed by atoms with E-state index in [1.54, 1.807) is 29.2 Å². The van der Waals surface area contributed by atoms with E-state index < -0.39 is 0 Å². The summed E-state index contributed by atoms with van der Waals surface area (Å²) in [4.78, 5) is 26.8. The van der Waals surface area contributed by atoms with Crippen molar-refractivity contribution in [3.63, 3.8) is 0 Å². The molecule has 5 nitrogen and oxygen atoms in total. The molecule has 2 amide bonds. The highest BCUT2D eigenvalue weighted by molar-refractivity contribution is 6.30. The maximum atomic E-state index is 12.6. The molecule has 0 aliphatic heterocycles. The molecular weight excluding hydrogens is 422 g/mol. The van der Waals surface area contributed by atoms with Gasteiger partial charge in [-0.05, 0) is 61.4 Å². The molecule has 3 aromatic carbocycles. The van der Waals surface area contributed by atoms with Crippen molar-refractivity contribution in [2.45, 2.75) is 19.9 Å². The van der Waals surface area contributed by atoms with Crippen molar-refractivity contribution in [2.24, 2.45) is 0 Å². The molecule has 32 heavy (non-hydrogen) atoms. The van der Waals surface area contributed by atoms with Crippen LogP contribution in [-0.4, -0.2) is 36.3 Å².